The van der Waals surface area contributed by atoms with Crippen molar-refractivity contribution in [2.24, 2.45) is 0 Å². The molecule has 1 aliphatic rings. The molecule has 0 bridgehead atoms. The van der Waals surface area contributed by atoms with Crippen molar-refractivity contribution in [3.05, 3.63) is 45.9 Å². The molecule has 0 spiro atoms. The second-order valence-corrected chi connectivity index (χ2v) is 5.61. The molecule has 1 unspecified atom stereocenters. The van der Waals surface area contributed by atoms with E-state index >= 15 is 0 Å². The van der Waals surface area contributed by atoms with Crippen LogP contribution in [0.5, 0.6) is 6.01 Å². The molecule has 0 saturated heterocycles. The first-order valence-corrected chi connectivity index (χ1v) is 7.79. The zero-order valence-electron chi connectivity index (χ0n) is 12.1. The first-order valence-electron chi connectivity index (χ1n) is 6.85. The maximum Gasteiger partial charge on any atom is 0.356 e. The Labute approximate surface area is 130 Å². The molecule has 7 heteroatoms. The molecule has 0 N–H and O–H groups in total. The number of rotatable bonds is 3. The summed E-state index contributed by atoms with van der Waals surface area (Å²) in [6.07, 6.45) is 4.53. The molecule has 0 amide bonds. The number of carbonyl (C=O) groups is 2. The van der Waals surface area contributed by atoms with Crippen molar-refractivity contribution in [1.82, 2.24) is 9.71 Å². The molecule has 2 aromatic heterocycles. The highest BCUT2D eigenvalue weighted by molar-refractivity contribution is 7.08. The zero-order valence-corrected chi connectivity index (χ0v) is 12.9. The van der Waals surface area contributed by atoms with Gasteiger partial charge in [0, 0.05) is 18.1 Å². The molecule has 2 aromatic rings. The van der Waals surface area contributed by atoms with E-state index in [1.807, 2.05) is 6.92 Å². The van der Waals surface area contributed by atoms with Gasteiger partial charge < -0.3 is 9.57 Å². The first-order chi connectivity index (χ1) is 10.6. The number of nitrogens with zero attached hydrogens (tertiary/aromatic N) is 2. The lowest BCUT2D eigenvalue weighted by Gasteiger charge is -2.08. The van der Waals surface area contributed by atoms with E-state index in [0.29, 0.717) is 5.69 Å². The minimum absolute atomic E-state index is 0.00677. The number of ether oxygens (including phenoxy) is 1. The normalized spacial score (nSPS) is 17.0. The summed E-state index contributed by atoms with van der Waals surface area (Å²) in [6.45, 7) is 4.11. The van der Waals surface area contributed by atoms with Gasteiger partial charge in [-0.2, -0.15) is 16.3 Å². The summed E-state index contributed by atoms with van der Waals surface area (Å²) < 4.78 is 6.13. The lowest BCUT2D eigenvalue weighted by molar-refractivity contribution is -0.142. The van der Waals surface area contributed by atoms with Crippen LogP contribution < -0.4 is 9.57 Å². The summed E-state index contributed by atoms with van der Waals surface area (Å²) in [5.74, 6) is -1.31. The number of aryl methyl sites for hydroxylation is 1. The average molecular weight is 318 g/mol. The van der Waals surface area contributed by atoms with Crippen LogP contribution in [0.3, 0.4) is 0 Å². The maximum absolute atomic E-state index is 11.5. The van der Waals surface area contributed by atoms with Gasteiger partial charge in [0.1, 0.15) is 0 Å². The lowest BCUT2D eigenvalue weighted by atomic mass is 9.96. The SMILES string of the molecule is CCc1cscc1C(C)c1cn2c(n1)OC(=O)/C=C/C(=O)O2. The molecular weight excluding hydrogens is 304 g/mol. The molecule has 1 aliphatic heterocycles. The van der Waals surface area contributed by atoms with Gasteiger partial charge in [0.05, 0.1) is 11.9 Å². The minimum Gasteiger partial charge on any atom is -0.387 e. The van der Waals surface area contributed by atoms with E-state index in [1.54, 1.807) is 17.5 Å². The van der Waals surface area contributed by atoms with Crippen molar-refractivity contribution in [1.29, 1.82) is 0 Å². The van der Waals surface area contributed by atoms with E-state index in [1.165, 1.54) is 11.1 Å². The number of aromatic nitrogens is 2. The fourth-order valence-electron chi connectivity index (χ4n) is 2.25. The standard InChI is InChI=1S/C15H14N2O4S/c1-3-10-7-22-8-11(10)9(2)12-6-17-15(16-12)20-13(18)4-5-14(19)21-17/h4-9H,3H2,1-2H3/b5-4+. The van der Waals surface area contributed by atoms with Gasteiger partial charge in [-0.05, 0) is 28.3 Å². The molecule has 0 aromatic carbocycles. The highest BCUT2D eigenvalue weighted by atomic mass is 32.1. The van der Waals surface area contributed by atoms with E-state index in [4.69, 9.17) is 9.57 Å². The smallest absolute Gasteiger partial charge is 0.356 e. The fraction of sp³-hybridized carbons (Fsp3) is 0.267. The van der Waals surface area contributed by atoms with Crippen LogP contribution in [0.2, 0.25) is 0 Å². The summed E-state index contributed by atoms with van der Waals surface area (Å²) in [4.78, 5) is 32.3. The highest BCUT2D eigenvalue weighted by Crippen LogP contribution is 2.30. The van der Waals surface area contributed by atoms with Gasteiger partial charge in [-0.25, -0.2) is 9.59 Å². The van der Waals surface area contributed by atoms with Crippen molar-refractivity contribution in [2.75, 3.05) is 0 Å². The average Bonchev–Trinajstić information content (AvgIpc) is 3.10. The fourth-order valence-corrected chi connectivity index (χ4v) is 3.29. The van der Waals surface area contributed by atoms with Crippen LogP contribution in [-0.4, -0.2) is 21.7 Å². The highest BCUT2D eigenvalue weighted by Gasteiger charge is 2.22. The van der Waals surface area contributed by atoms with Crippen molar-refractivity contribution in [2.45, 2.75) is 26.2 Å². The maximum atomic E-state index is 11.5. The Morgan fingerprint density at radius 1 is 1.27 bits per heavy atom. The molecule has 0 radical (unpaired) electrons. The second-order valence-electron chi connectivity index (χ2n) is 4.87. The topological polar surface area (TPSA) is 70.4 Å². The summed E-state index contributed by atoms with van der Waals surface area (Å²) >= 11 is 1.64. The summed E-state index contributed by atoms with van der Waals surface area (Å²) in [6, 6.07) is -0.0437. The largest absolute Gasteiger partial charge is 0.387 e. The molecule has 114 valence electrons. The van der Waals surface area contributed by atoms with Gasteiger partial charge in [-0.1, -0.05) is 13.8 Å². The monoisotopic (exact) mass is 318 g/mol. The van der Waals surface area contributed by atoms with Crippen molar-refractivity contribution >= 4 is 23.3 Å². The number of hydrogen-bond donors (Lipinski definition) is 0. The Balaban J connectivity index is 1.95. The molecular formula is C15H14N2O4S. The summed E-state index contributed by atoms with van der Waals surface area (Å²) in [5, 5.41) is 4.20. The van der Waals surface area contributed by atoms with Crippen LogP contribution in [0.25, 0.3) is 0 Å². The van der Waals surface area contributed by atoms with Crippen molar-refractivity contribution in [3.63, 3.8) is 0 Å². The molecule has 3 heterocycles. The Hall–Kier alpha value is -2.41. The Bertz CT molecular complexity index is 722. The van der Waals surface area contributed by atoms with Crippen LogP contribution in [0.15, 0.2) is 29.1 Å². The summed E-state index contributed by atoms with van der Waals surface area (Å²) in [5.41, 5.74) is 3.11. The molecule has 3 rings (SSSR count). The van der Waals surface area contributed by atoms with Crippen molar-refractivity contribution in [3.8, 4) is 6.01 Å². The second kappa shape index (κ2) is 5.76. The lowest BCUT2D eigenvalue weighted by Crippen LogP contribution is -2.22. The number of fused-ring (bicyclic) bond motifs is 1. The third kappa shape index (κ3) is 2.67. The zero-order chi connectivity index (χ0) is 15.7. The van der Waals surface area contributed by atoms with E-state index < -0.39 is 11.9 Å². The predicted octanol–water partition coefficient (Wildman–Crippen LogP) is 2.09. The molecule has 1 atom stereocenters. The number of hydrogen-bond acceptors (Lipinski definition) is 6. The predicted molar refractivity (Wildman–Crippen MR) is 79.8 cm³/mol. The van der Waals surface area contributed by atoms with Crippen LogP contribution in [0.1, 0.15) is 36.6 Å². The first kappa shape index (κ1) is 14.5. The van der Waals surface area contributed by atoms with E-state index in [0.717, 1.165) is 23.3 Å². The Kier molecular flexibility index (Phi) is 3.81. The number of thiophene rings is 1. The van der Waals surface area contributed by atoms with Gasteiger partial charge in [-0.15, -0.1) is 4.73 Å². The van der Waals surface area contributed by atoms with Gasteiger partial charge in [-0.3, -0.25) is 0 Å². The van der Waals surface area contributed by atoms with Gasteiger partial charge >= 0.3 is 17.9 Å². The number of imidazole rings is 1. The Morgan fingerprint density at radius 2 is 2.05 bits per heavy atom. The van der Waals surface area contributed by atoms with Crippen LogP contribution in [-0.2, 0) is 16.0 Å². The third-order valence-electron chi connectivity index (χ3n) is 3.47. The van der Waals surface area contributed by atoms with Crippen molar-refractivity contribution < 1.29 is 19.2 Å². The van der Waals surface area contributed by atoms with Gasteiger partial charge in [0.25, 0.3) is 0 Å². The molecule has 0 fully saturated rings. The Morgan fingerprint density at radius 3 is 2.82 bits per heavy atom. The van der Waals surface area contributed by atoms with Crippen LogP contribution in [0.4, 0.5) is 0 Å². The third-order valence-corrected chi connectivity index (χ3v) is 4.28. The van der Waals surface area contributed by atoms with E-state index in [9.17, 15) is 9.59 Å². The van der Waals surface area contributed by atoms with E-state index in [2.05, 4.69) is 22.7 Å². The van der Waals surface area contributed by atoms with Crippen LogP contribution >= 0.6 is 11.3 Å². The molecule has 0 saturated carbocycles. The number of esters is 1. The van der Waals surface area contributed by atoms with Gasteiger partial charge in [0.15, 0.2) is 0 Å². The molecule has 0 aliphatic carbocycles. The minimum atomic E-state index is -0.660. The molecule has 6 nitrogen and oxygen atoms in total. The van der Waals surface area contributed by atoms with Gasteiger partial charge in [0.2, 0.25) is 0 Å². The molecule has 22 heavy (non-hydrogen) atoms. The van der Waals surface area contributed by atoms with E-state index in [-0.39, 0.29) is 11.9 Å². The van der Waals surface area contributed by atoms with Crippen LogP contribution in [0, 0.1) is 0 Å². The summed E-state index contributed by atoms with van der Waals surface area (Å²) in [7, 11) is 0. The quantitative estimate of drug-likeness (QED) is 0.811. The number of carbonyl (C=O) groups excluding carboxylic acids is 2.